The van der Waals surface area contributed by atoms with Gasteiger partial charge in [0.2, 0.25) is 0 Å². The van der Waals surface area contributed by atoms with E-state index in [4.69, 9.17) is 0 Å². The van der Waals surface area contributed by atoms with Crippen LogP contribution in [0.15, 0.2) is 29.6 Å². The fourth-order valence-electron chi connectivity index (χ4n) is 3.87. The van der Waals surface area contributed by atoms with Crippen LogP contribution in [0.1, 0.15) is 73.9 Å². The fourth-order valence-corrected chi connectivity index (χ4v) is 4.64. The van der Waals surface area contributed by atoms with E-state index in [1.165, 1.54) is 36.2 Å². The van der Waals surface area contributed by atoms with Crippen LogP contribution in [0, 0.1) is 0 Å². The van der Waals surface area contributed by atoms with E-state index in [0.717, 1.165) is 30.3 Å². The van der Waals surface area contributed by atoms with Crippen LogP contribution >= 0.6 is 11.3 Å². The molecule has 3 amide bonds. The molecule has 2 heterocycles. The molecule has 1 fully saturated rings. The second-order valence-corrected chi connectivity index (χ2v) is 10.2. The Labute approximate surface area is 201 Å². The number of piperidine rings is 1. The van der Waals surface area contributed by atoms with Gasteiger partial charge in [-0.15, -0.1) is 11.3 Å². The summed E-state index contributed by atoms with van der Waals surface area (Å²) in [5, 5.41) is 8.47. The summed E-state index contributed by atoms with van der Waals surface area (Å²) in [5.74, 6) is 0.295. The van der Waals surface area contributed by atoms with E-state index in [0.29, 0.717) is 24.7 Å². The van der Waals surface area contributed by atoms with Crippen molar-refractivity contribution < 1.29 is 9.59 Å². The Morgan fingerprint density at radius 2 is 1.79 bits per heavy atom. The van der Waals surface area contributed by atoms with E-state index in [1.54, 1.807) is 10.3 Å². The Balaban J connectivity index is 1.52. The van der Waals surface area contributed by atoms with Crippen molar-refractivity contribution in [2.75, 3.05) is 31.5 Å². The number of hydrogen-bond acceptors (Lipinski definition) is 5. The first-order valence-electron chi connectivity index (χ1n) is 12.0. The van der Waals surface area contributed by atoms with E-state index in [-0.39, 0.29) is 18.0 Å². The molecule has 33 heavy (non-hydrogen) atoms. The molecule has 0 aliphatic carbocycles. The number of carbonyl (C=O) groups excluding carboxylic acids is 2. The summed E-state index contributed by atoms with van der Waals surface area (Å²) in [6.45, 7) is 12.3. The van der Waals surface area contributed by atoms with Crippen molar-refractivity contribution in [1.29, 1.82) is 0 Å². The molecule has 0 bridgehead atoms. The topological polar surface area (TPSA) is 77.6 Å². The highest BCUT2D eigenvalue weighted by Crippen LogP contribution is 2.19. The third kappa shape index (κ3) is 7.54. The molecule has 0 spiro atoms. The standard InChI is InChI=1S/C25H37N5O2S/c1-18(2)20-8-10-21(11-9-20)27-25(32)30(19(3)4)16-23-28-22(17-33-23)24(31)26-12-15-29-13-6-5-7-14-29/h8-11,17-19H,5-7,12-16H2,1-4H3,(H,26,31)(H,27,32). The van der Waals surface area contributed by atoms with Crippen molar-refractivity contribution >= 4 is 29.0 Å². The van der Waals surface area contributed by atoms with Crippen molar-refractivity contribution in [2.24, 2.45) is 0 Å². The number of nitrogens with one attached hydrogen (secondary N) is 2. The number of hydrogen-bond donors (Lipinski definition) is 2. The van der Waals surface area contributed by atoms with E-state index in [9.17, 15) is 9.59 Å². The van der Waals surface area contributed by atoms with Crippen molar-refractivity contribution in [3.8, 4) is 0 Å². The van der Waals surface area contributed by atoms with Gasteiger partial charge in [0.1, 0.15) is 10.7 Å². The zero-order chi connectivity index (χ0) is 23.8. The molecule has 1 aromatic heterocycles. The number of likely N-dealkylation sites (tertiary alicyclic amines) is 1. The van der Waals surface area contributed by atoms with Crippen molar-refractivity contribution in [3.63, 3.8) is 0 Å². The van der Waals surface area contributed by atoms with Crippen molar-refractivity contribution in [1.82, 2.24) is 20.1 Å². The molecule has 0 radical (unpaired) electrons. The molecular formula is C25H37N5O2S. The Kier molecular flexibility index (Phi) is 9.26. The predicted octanol–water partition coefficient (Wildman–Crippen LogP) is 4.92. The number of thiazole rings is 1. The first kappa shape index (κ1) is 25.2. The van der Waals surface area contributed by atoms with Gasteiger partial charge in [-0.2, -0.15) is 0 Å². The van der Waals surface area contributed by atoms with Gasteiger partial charge in [0, 0.05) is 30.2 Å². The second-order valence-electron chi connectivity index (χ2n) is 9.21. The van der Waals surface area contributed by atoms with E-state index < -0.39 is 0 Å². The number of anilines is 1. The average Bonchev–Trinajstić information content (AvgIpc) is 3.27. The third-order valence-electron chi connectivity index (χ3n) is 5.97. The fraction of sp³-hybridized carbons (Fsp3) is 0.560. The lowest BCUT2D eigenvalue weighted by Gasteiger charge is -2.26. The molecule has 1 aliphatic heterocycles. The summed E-state index contributed by atoms with van der Waals surface area (Å²) >= 11 is 1.41. The quantitative estimate of drug-likeness (QED) is 0.544. The van der Waals surface area contributed by atoms with E-state index in [2.05, 4.69) is 34.4 Å². The molecule has 0 unspecified atom stereocenters. The van der Waals surface area contributed by atoms with Crippen LogP contribution in [-0.2, 0) is 6.54 Å². The van der Waals surface area contributed by atoms with Gasteiger partial charge in [-0.05, 0) is 63.4 Å². The number of benzene rings is 1. The van der Waals surface area contributed by atoms with Crippen LogP contribution in [0.4, 0.5) is 10.5 Å². The minimum atomic E-state index is -0.176. The monoisotopic (exact) mass is 471 g/mol. The Morgan fingerprint density at radius 3 is 2.42 bits per heavy atom. The Morgan fingerprint density at radius 1 is 1.09 bits per heavy atom. The summed E-state index contributed by atoms with van der Waals surface area (Å²) < 4.78 is 0. The van der Waals surface area contributed by atoms with E-state index >= 15 is 0 Å². The number of amides is 3. The number of carbonyl (C=O) groups is 2. The molecule has 3 rings (SSSR count). The zero-order valence-electron chi connectivity index (χ0n) is 20.3. The first-order chi connectivity index (χ1) is 15.8. The predicted molar refractivity (Wildman–Crippen MR) is 135 cm³/mol. The maximum atomic E-state index is 12.9. The van der Waals surface area contributed by atoms with Crippen LogP contribution in [-0.4, -0.2) is 58.9 Å². The molecule has 1 saturated heterocycles. The van der Waals surface area contributed by atoms with Crippen molar-refractivity contribution in [3.05, 3.63) is 45.9 Å². The number of rotatable bonds is 9. The highest BCUT2D eigenvalue weighted by Gasteiger charge is 2.20. The molecule has 0 saturated carbocycles. The lowest BCUT2D eigenvalue weighted by Crippen LogP contribution is -2.39. The lowest BCUT2D eigenvalue weighted by molar-refractivity contribution is 0.0942. The van der Waals surface area contributed by atoms with Crippen molar-refractivity contribution in [2.45, 2.75) is 65.5 Å². The Bertz CT molecular complexity index is 904. The summed E-state index contributed by atoms with van der Waals surface area (Å²) in [5.41, 5.74) is 2.42. The molecule has 1 aromatic carbocycles. The van der Waals surface area contributed by atoms with Gasteiger partial charge in [-0.25, -0.2) is 9.78 Å². The highest BCUT2D eigenvalue weighted by molar-refractivity contribution is 7.09. The molecule has 180 valence electrons. The second kappa shape index (κ2) is 12.1. The normalized spacial score (nSPS) is 14.5. The molecule has 8 heteroatoms. The van der Waals surface area contributed by atoms with Crippen LogP contribution in [0.5, 0.6) is 0 Å². The van der Waals surface area contributed by atoms with Gasteiger partial charge in [-0.1, -0.05) is 32.4 Å². The minimum Gasteiger partial charge on any atom is -0.349 e. The number of nitrogens with zero attached hydrogens (tertiary/aromatic N) is 3. The smallest absolute Gasteiger partial charge is 0.322 e. The highest BCUT2D eigenvalue weighted by atomic mass is 32.1. The van der Waals surface area contributed by atoms with Gasteiger partial charge in [-0.3, -0.25) is 4.79 Å². The van der Waals surface area contributed by atoms with Crippen LogP contribution < -0.4 is 10.6 Å². The van der Waals surface area contributed by atoms with Crippen LogP contribution in [0.2, 0.25) is 0 Å². The summed E-state index contributed by atoms with van der Waals surface area (Å²) in [7, 11) is 0. The largest absolute Gasteiger partial charge is 0.349 e. The van der Waals surface area contributed by atoms with Crippen LogP contribution in [0.3, 0.4) is 0 Å². The third-order valence-corrected chi connectivity index (χ3v) is 6.80. The lowest BCUT2D eigenvalue weighted by atomic mass is 10.0. The molecular weight excluding hydrogens is 434 g/mol. The van der Waals surface area contributed by atoms with Gasteiger partial charge >= 0.3 is 6.03 Å². The minimum absolute atomic E-state index is 0.00865. The number of urea groups is 1. The Hall–Kier alpha value is -2.45. The van der Waals surface area contributed by atoms with Gasteiger partial charge < -0.3 is 20.4 Å². The van der Waals surface area contributed by atoms with Gasteiger partial charge in [0.25, 0.3) is 5.91 Å². The van der Waals surface area contributed by atoms with Gasteiger partial charge in [0.05, 0.1) is 6.54 Å². The van der Waals surface area contributed by atoms with Crippen LogP contribution in [0.25, 0.3) is 0 Å². The number of aromatic nitrogens is 1. The molecule has 1 aliphatic rings. The van der Waals surface area contributed by atoms with E-state index in [1.807, 2.05) is 38.1 Å². The molecule has 7 nitrogen and oxygen atoms in total. The summed E-state index contributed by atoms with van der Waals surface area (Å²) in [6.07, 6.45) is 3.79. The maximum absolute atomic E-state index is 12.9. The average molecular weight is 472 g/mol. The molecule has 2 aromatic rings. The zero-order valence-corrected chi connectivity index (χ0v) is 21.1. The maximum Gasteiger partial charge on any atom is 0.322 e. The summed E-state index contributed by atoms with van der Waals surface area (Å²) in [4.78, 5) is 34.0. The summed E-state index contributed by atoms with van der Waals surface area (Å²) in [6, 6.07) is 7.76. The SMILES string of the molecule is CC(C)c1ccc(NC(=O)N(Cc2nc(C(=O)NCCN3CCCCC3)cs2)C(C)C)cc1. The van der Waals surface area contributed by atoms with Gasteiger partial charge in [0.15, 0.2) is 0 Å². The first-order valence-corrected chi connectivity index (χ1v) is 12.8. The molecule has 0 atom stereocenters. The molecule has 2 N–H and O–H groups in total.